The maximum absolute atomic E-state index is 9.75. The number of nitrogens with zero attached hydrogens (tertiary/aromatic N) is 1. The average molecular weight is 226 g/mol. The zero-order valence-electron chi connectivity index (χ0n) is 9.82. The van der Waals surface area contributed by atoms with Crippen LogP contribution in [0.5, 0.6) is 0 Å². The van der Waals surface area contributed by atoms with Crippen LogP contribution in [-0.4, -0.2) is 55.0 Å². The van der Waals surface area contributed by atoms with E-state index < -0.39 is 0 Å². The highest BCUT2D eigenvalue weighted by atomic mass is 16.5. The number of aliphatic hydroxyl groups excluding tert-OH is 1. The molecule has 92 valence electrons. The molecule has 0 aromatic heterocycles. The normalized spacial score (nSPS) is 48.0. The van der Waals surface area contributed by atoms with E-state index in [1.165, 1.54) is 12.8 Å². The molecule has 0 unspecified atom stereocenters. The molecule has 0 bridgehead atoms. The third-order valence-corrected chi connectivity index (χ3v) is 5.31. The van der Waals surface area contributed by atoms with Gasteiger partial charge in [-0.05, 0) is 18.8 Å². The van der Waals surface area contributed by atoms with Gasteiger partial charge in [0.1, 0.15) is 0 Å². The van der Waals surface area contributed by atoms with Crippen molar-refractivity contribution in [3.63, 3.8) is 0 Å². The second kappa shape index (κ2) is 3.67. The van der Waals surface area contributed by atoms with Crippen LogP contribution >= 0.6 is 0 Å². The van der Waals surface area contributed by atoms with E-state index in [0.29, 0.717) is 19.1 Å². The summed E-state index contributed by atoms with van der Waals surface area (Å²) in [7, 11) is 0. The van der Waals surface area contributed by atoms with Crippen LogP contribution in [0.3, 0.4) is 0 Å². The van der Waals surface area contributed by atoms with Crippen LogP contribution in [0.4, 0.5) is 0 Å². The van der Waals surface area contributed by atoms with Gasteiger partial charge in [-0.1, -0.05) is 6.42 Å². The van der Waals surface area contributed by atoms with Crippen molar-refractivity contribution in [2.45, 2.75) is 24.8 Å². The van der Waals surface area contributed by atoms with Gasteiger partial charge in [-0.25, -0.2) is 0 Å². The van der Waals surface area contributed by atoms with Crippen LogP contribution < -0.4 is 5.73 Å². The fourth-order valence-corrected chi connectivity index (χ4v) is 4.57. The molecular weight excluding hydrogens is 204 g/mol. The van der Waals surface area contributed by atoms with Gasteiger partial charge in [-0.3, -0.25) is 4.90 Å². The van der Waals surface area contributed by atoms with Crippen LogP contribution in [0, 0.1) is 11.3 Å². The van der Waals surface area contributed by atoms with Gasteiger partial charge < -0.3 is 15.6 Å². The van der Waals surface area contributed by atoms with E-state index in [1.807, 2.05) is 0 Å². The second-order valence-electron chi connectivity index (χ2n) is 5.49. The van der Waals surface area contributed by atoms with Crippen molar-refractivity contribution in [2.24, 2.45) is 17.1 Å². The Labute approximate surface area is 96.7 Å². The molecule has 0 spiro atoms. The van der Waals surface area contributed by atoms with Gasteiger partial charge in [0.25, 0.3) is 0 Å². The van der Waals surface area contributed by atoms with E-state index in [1.54, 1.807) is 0 Å². The molecule has 0 amide bonds. The summed E-state index contributed by atoms with van der Waals surface area (Å²) in [6.07, 6.45) is 3.66. The highest BCUT2D eigenvalue weighted by Crippen LogP contribution is 2.72. The Morgan fingerprint density at radius 3 is 2.69 bits per heavy atom. The Hall–Kier alpha value is -0.160. The molecule has 0 radical (unpaired) electrons. The van der Waals surface area contributed by atoms with E-state index >= 15 is 0 Å². The lowest BCUT2D eigenvalue weighted by Gasteiger charge is -2.39. The Morgan fingerprint density at radius 1 is 1.38 bits per heavy atom. The minimum absolute atomic E-state index is 0.101. The predicted octanol–water partition coefficient (Wildman–Crippen LogP) is -0.192. The molecule has 2 aliphatic carbocycles. The van der Waals surface area contributed by atoms with Gasteiger partial charge in [0.15, 0.2) is 0 Å². The summed E-state index contributed by atoms with van der Waals surface area (Å²) in [6.45, 7) is 4.60. The van der Waals surface area contributed by atoms with Crippen LogP contribution in [0.25, 0.3) is 0 Å². The van der Waals surface area contributed by atoms with Gasteiger partial charge in [0.2, 0.25) is 0 Å². The molecule has 0 aromatic rings. The Bertz CT molecular complexity index is 280. The number of fused-ring (bicyclic) bond motifs is 1. The number of hydrogen-bond acceptors (Lipinski definition) is 4. The number of aliphatic hydroxyl groups is 1. The van der Waals surface area contributed by atoms with Crippen LogP contribution in [0.15, 0.2) is 0 Å². The molecule has 0 aromatic carbocycles. The topological polar surface area (TPSA) is 58.7 Å². The zero-order valence-corrected chi connectivity index (χ0v) is 9.82. The van der Waals surface area contributed by atoms with Gasteiger partial charge >= 0.3 is 0 Å². The van der Waals surface area contributed by atoms with E-state index in [-0.39, 0.29) is 11.0 Å². The van der Waals surface area contributed by atoms with Gasteiger partial charge in [-0.15, -0.1) is 0 Å². The summed E-state index contributed by atoms with van der Waals surface area (Å²) >= 11 is 0. The van der Waals surface area contributed by atoms with Crippen LogP contribution in [0.1, 0.15) is 19.3 Å². The minimum Gasteiger partial charge on any atom is -0.396 e. The number of morpholine rings is 1. The standard InChI is InChI=1S/C12H22N2O2/c13-8-12(14-4-6-16-7-5-14)10-2-1-3-11(10,12)9-15/h10,15H,1-9,13H2/t10-,11-,12-/m0/s1. The number of hydrogen-bond donors (Lipinski definition) is 2. The minimum atomic E-state index is 0.101. The lowest BCUT2D eigenvalue weighted by atomic mass is 9.93. The Balaban J connectivity index is 1.85. The molecular formula is C12H22N2O2. The molecule has 3 atom stereocenters. The van der Waals surface area contributed by atoms with Crippen molar-refractivity contribution in [1.29, 1.82) is 0 Å². The molecule has 1 heterocycles. The van der Waals surface area contributed by atoms with Crippen molar-refractivity contribution in [2.75, 3.05) is 39.5 Å². The van der Waals surface area contributed by atoms with Crippen molar-refractivity contribution in [3.8, 4) is 0 Å². The number of nitrogens with two attached hydrogens (primary N) is 1. The van der Waals surface area contributed by atoms with Crippen molar-refractivity contribution in [1.82, 2.24) is 4.90 Å². The fourth-order valence-electron chi connectivity index (χ4n) is 4.57. The molecule has 1 saturated heterocycles. The summed E-state index contributed by atoms with van der Waals surface area (Å²) < 4.78 is 5.41. The maximum Gasteiger partial charge on any atom is 0.0594 e. The average Bonchev–Trinajstić information content (AvgIpc) is 2.68. The van der Waals surface area contributed by atoms with Crippen molar-refractivity contribution >= 4 is 0 Å². The predicted molar refractivity (Wildman–Crippen MR) is 61.0 cm³/mol. The second-order valence-corrected chi connectivity index (χ2v) is 5.49. The molecule has 4 heteroatoms. The highest BCUT2D eigenvalue weighted by molar-refractivity contribution is 5.31. The first kappa shape index (κ1) is 11.0. The molecule has 1 aliphatic heterocycles. The quantitative estimate of drug-likeness (QED) is 0.700. The third kappa shape index (κ3) is 1.09. The van der Waals surface area contributed by atoms with Crippen molar-refractivity contribution in [3.05, 3.63) is 0 Å². The monoisotopic (exact) mass is 226 g/mol. The largest absolute Gasteiger partial charge is 0.396 e. The van der Waals surface area contributed by atoms with E-state index in [2.05, 4.69) is 4.90 Å². The first-order valence-corrected chi connectivity index (χ1v) is 6.45. The number of rotatable bonds is 3. The SMILES string of the molecule is NC[C@]1(N2CCOCC2)[C@H]2CCC[C@]21CO. The van der Waals surface area contributed by atoms with Gasteiger partial charge in [-0.2, -0.15) is 0 Å². The lowest BCUT2D eigenvalue weighted by molar-refractivity contribution is -0.0106. The smallest absolute Gasteiger partial charge is 0.0594 e. The fraction of sp³-hybridized carbons (Fsp3) is 1.00. The van der Waals surface area contributed by atoms with Crippen LogP contribution in [0.2, 0.25) is 0 Å². The molecule has 2 saturated carbocycles. The van der Waals surface area contributed by atoms with Gasteiger partial charge in [0, 0.05) is 30.6 Å². The first-order chi connectivity index (χ1) is 7.82. The summed E-state index contributed by atoms with van der Waals surface area (Å²) in [5.41, 5.74) is 6.28. The molecule has 4 nitrogen and oxygen atoms in total. The summed E-state index contributed by atoms with van der Waals surface area (Å²) in [6, 6.07) is 0. The van der Waals surface area contributed by atoms with Gasteiger partial charge in [0.05, 0.1) is 19.8 Å². The van der Waals surface area contributed by atoms with E-state index in [0.717, 1.165) is 32.7 Å². The molecule has 3 fully saturated rings. The highest BCUT2D eigenvalue weighted by Gasteiger charge is 2.78. The zero-order chi connectivity index (χ0) is 11.2. The molecule has 16 heavy (non-hydrogen) atoms. The van der Waals surface area contributed by atoms with Crippen LogP contribution in [-0.2, 0) is 4.74 Å². The summed E-state index contributed by atoms with van der Waals surface area (Å²) in [5.74, 6) is 0.632. The Kier molecular flexibility index (Phi) is 2.51. The molecule has 3 N–H and O–H groups in total. The third-order valence-electron chi connectivity index (χ3n) is 5.31. The maximum atomic E-state index is 9.75. The first-order valence-electron chi connectivity index (χ1n) is 6.45. The Morgan fingerprint density at radius 2 is 2.12 bits per heavy atom. The lowest BCUT2D eigenvalue weighted by Crippen LogP contribution is -2.53. The van der Waals surface area contributed by atoms with Crippen molar-refractivity contribution < 1.29 is 9.84 Å². The molecule has 3 aliphatic rings. The summed E-state index contributed by atoms with van der Waals surface area (Å²) in [4.78, 5) is 2.50. The molecule has 3 rings (SSSR count). The van der Waals surface area contributed by atoms with E-state index in [4.69, 9.17) is 10.5 Å². The van der Waals surface area contributed by atoms with E-state index in [9.17, 15) is 5.11 Å². The summed E-state index contributed by atoms with van der Waals surface area (Å²) in [5, 5.41) is 9.75. The number of ether oxygens (including phenoxy) is 1.